The maximum absolute atomic E-state index is 9.74. The molecule has 6 N–H and O–H groups in total. The van der Waals surface area contributed by atoms with E-state index in [-0.39, 0.29) is 89.5 Å². The molecule has 0 aromatic heterocycles. The van der Waals surface area contributed by atoms with Gasteiger partial charge < -0.3 is 60.0 Å². The van der Waals surface area contributed by atoms with Crippen LogP contribution in [0.3, 0.4) is 0 Å². The van der Waals surface area contributed by atoms with Gasteiger partial charge in [-0.25, -0.2) is 4.79 Å². The summed E-state index contributed by atoms with van der Waals surface area (Å²) in [6.45, 7) is 1.13. The first kappa shape index (κ1) is 53.6. The van der Waals surface area contributed by atoms with Crippen LogP contribution < -0.4 is 20.4 Å². The van der Waals surface area contributed by atoms with E-state index in [1.165, 1.54) is 0 Å². The summed E-state index contributed by atoms with van der Waals surface area (Å²) >= 11 is -2.61. The Labute approximate surface area is 244 Å². The topological polar surface area (TPSA) is 316 Å². The molecular weight excluding hydrogens is 852 g/mol. The molecule has 0 saturated heterocycles. The van der Waals surface area contributed by atoms with E-state index in [0.29, 0.717) is 0 Å². The molecule has 0 rings (SSSR count). The summed E-state index contributed by atoms with van der Waals surface area (Å²) < 4.78 is 22.8. The zero-order valence-electron chi connectivity index (χ0n) is 15.0. The summed E-state index contributed by atoms with van der Waals surface area (Å²) in [5.41, 5.74) is 0. The number of aliphatic hydroxyl groups is 3. The van der Waals surface area contributed by atoms with Gasteiger partial charge in [-0.15, -0.1) is 0 Å². The van der Waals surface area contributed by atoms with Gasteiger partial charge in [-0.3, -0.25) is 9.11 Å². The Bertz CT molecular complexity index is 510. The molecule has 0 radical (unpaired) electrons. The summed E-state index contributed by atoms with van der Waals surface area (Å²) in [5.74, 6) is -8.00. The molecule has 0 aromatic carbocycles. The summed E-state index contributed by atoms with van der Waals surface area (Å²) in [5, 5.41) is 70.4. The molecule has 0 aromatic rings. The third-order valence-electron chi connectivity index (χ3n) is 1.67. The monoisotopic (exact) mass is 864 g/mol. The molecule has 32 heavy (non-hydrogen) atoms. The minimum atomic E-state index is -2.61. The molecule has 0 saturated carbocycles. The second-order valence-corrected chi connectivity index (χ2v) is 4.48. The van der Waals surface area contributed by atoms with E-state index in [2.05, 4.69) is 0 Å². The SMILES string of the molecule is CC(O)C(=O)[O-].O=C([O-])C(O)C(O)C(=O)O.O=C([O-])CCC(=O)[O-].O=S(O)O.[Ag+].[Ag+].[Ag+].[Ag+]. The fraction of sp³-hybridized carbons (Fsp3) is 0.545. The van der Waals surface area contributed by atoms with Gasteiger partial charge in [0.15, 0.2) is 6.10 Å². The number of carbonyl (C=O) groups excluding carboxylic acids is 4. The Morgan fingerprint density at radius 2 is 0.938 bits per heavy atom. The van der Waals surface area contributed by atoms with Gasteiger partial charge in [0, 0.05) is 11.9 Å². The van der Waals surface area contributed by atoms with Gasteiger partial charge in [0.05, 0.1) is 18.0 Å². The number of aliphatic hydroxyl groups excluding tert-OH is 3. The molecule has 0 amide bonds. The van der Waals surface area contributed by atoms with E-state index in [1.807, 2.05) is 0 Å². The average molecular weight is 868 g/mol. The van der Waals surface area contributed by atoms with Crippen molar-refractivity contribution in [2.45, 2.75) is 38.1 Å². The van der Waals surface area contributed by atoms with E-state index >= 15 is 0 Å². The van der Waals surface area contributed by atoms with Crippen molar-refractivity contribution in [2.75, 3.05) is 0 Å². The zero-order chi connectivity index (χ0) is 23.6. The quantitative estimate of drug-likeness (QED) is 0.102. The van der Waals surface area contributed by atoms with Crippen molar-refractivity contribution >= 4 is 41.2 Å². The Kier molecular flexibility index (Phi) is 56.0. The van der Waals surface area contributed by atoms with Crippen molar-refractivity contribution in [3.05, 3.63) is 0 Å². The molecule has 206 valence electrons. The van der Waals surface area contributed by atoms with Crippen molar-refractivity contribution in [2.24, 2.45) is 0 Å². The van der Waals surface area contributed by atoms with Gasteiger partial charge in [-0.2, -0.15) is 4.21 Å². The third kappa shape index (κ3) is 57.3. The van der Waals surface area contributed by atoms with Gasteiger partial charge in [0.1, 0.15) is 6.10 Å². The van der Waals surface area contributed by atoms with Gasteiger partial charge in [0.2, 0.25) is 0 Å². The molecule has 0 fully saturated rings. The fourth-order valence-electron chi connectivity index (χ4n) is 0.468. The van der Waals surface area contributed by atoms with E-state index < -0.39 is 72.4 Å². The minimum absolute atomic E-state index is 0. The molecule has 3 atom stereocenters. The number of carboxylic acid groups (broad SMARTS) is 5. The van der Waals surface area contributed by atoms with E-state index in [9.17, 15) is 44.4 Å². The Balaban J connectivity index is -0.0000000400. The second kappa shape index (κ2) is 33.4. The molecular formula is C11H16Ag4O16S. The van der Waals surface area contributed by atoms with Crippen LogP contribution in [0.5, 0.6) is 0 Å². The molecule has 0 spiro atoms. The first-order valence-corrected chi connectivity index (χ1v) is 7.41. The molecule has 3 unspecified atom stereocenters. The van der Waals surface area contributed by atoms with Crippen molar-refractivity contribution < 1.29 is 168 Å². The number of carbonyl (C=O) groups is 5. The van der Waals surface area contributed by atoms with Crippen LogP contribution in [0.1, 0.15) is 19.8 Å². The number of rotatable bonds is 7. The molecule has 16 nitrogen and oxygen atoms in total. The van der Waals surface area contributed by atoms with Gasteiger partial charge in [-0.1, -0.05) is 0 Å². The second-order valence-electron chi connectivity index (χ2n) is 4.02. The summed E-state index contributed by atoms with van der Waals surface area (Å²) in [6.07, 6.45) is -6.99. The normalized spacial score (nSPS) is 10.7. The zero-order valence-corrected chi connectivity index (χ0v) is 21.8. The Morgan fingerprint density at radius 1 is 0.719 bits per heavy atom. The van der Waals surface area contributed by atoms with E-state index in [0.717, 1.165) is 6.92 Å². The van der Waals surface area contributed by atoms with Gasteiger partial charge in [-0.05, 0) is 19.8 Å². The largest absolute Gasteiger partial charge is 1.00 e. The maximum Gasteiger partial charge on any atom is 1.00 e. The Morgan fingerprint density at radius 3 is 1.00 bits per heavy atom. The van der Waals surface area contributed by atoms with Crippen molar-refractivity contribution in [3.63, 3.8) is 0 Å². The van der Waals surface area contributed by atoms with E-state index in [1.54, 1.807) is 0 Å². The summed E-state index contributed by atoms with van der Waals surface area (Å²) in [6, 6.07) is 0. The van der Waals surface area contributed by atoms with Crippen LogP contribution in [0.25, 0.3) is 0 Å². The third-order valence-corrected chi connectivity index (χ3v) is 1.67. The molecule has 0 aliphatic rings. The van der Waals surface area contributed by atoms with Crippen LogP contribution in [0.2, 0.25) is 0 Å². The van der Waals surface area contributed by atoms with Crippen LogP contribution in [-0.4, -0.2) is 81.9 Å². The smallest absolute Gasteiger partial charge is 0.550 e. The van der Waals surface area contributed by atoms with Crippen LogP contribution in [0.15, 0.2) is 0 Å². The molecule has 21 heteroatoms. The molecule has 0 aliphatic carbocycles. The Hall–Kier alpha value is 0.261. The first-order chi connectivity index (χ1) is 12.5. The number of aliphatic carboxylic acids is 5. The number of hydrogen-bond acceptors (Lipinski definition) is 13. The van der Waals surface area contributed by atoms with Crippen molar-refractivity contribution in [3.8, 4) is 0 Å². The van der Waals surface area contributed by atoms with Gasteiger partial charge in [0.25, 0.3) is 11.4 Å². The minimum Gasteiger partial charge on any atom is -0.550 e. The van der Waals surface area contributed by atoms with Crippen molar-refractivity contribution in [1.82, 2.24) is 0 Å². The molecule has 0 aliphatic heterocycles. The van der Waals surface area contributed by atoms with Crippen molar-refractivity contribution in [1.29, 1.82) is 0 Å². The van der Waals surface area contributed by atoms with E-state index in [4.69, 9.17) is 33.7 Å². The number of hydrogen-bond donors (Lipinski definition) is 6. The standard InChI is InChI=1S/C4H6O6.C4H6O4.C3H6O3.4Ag.H2O3S/c5-1(3(7)8)2(6)4(9)10;5-3(6)1-2-4(7)8;1-2(4)3(5)6;;;;;1-4(2)3/h1-2,5-6H,(H,7,8)(H,9,10);1-2H2,(H,5,6)(H,7,8);2,4H,1H3,(H,5,6);;;;;(H2,1,2,3)/q;;;4*+1;/p-4. The fourth-order valence-corrected chi connectivity index (χ4v) is 0.468. The van der Waals surface area contributed by atoms with Crippen LogP contribution in [0, 0.1) is 0 Å². The molecule has 0 heterocycles. The average Bonchev–Trinajstić information content (AvgIpc) is 2.51. The van der Waals surface area contributed by atoms with Gasteiger partial charge >= 0.3 is 95.5 Å². The molecule has 0 bridgehead atoms. The summed E-state index contributed by atoms with van der Waals surface area (Å²) in [7, 11) is 0. The summed E-state index contributed by atoms with van der Waals surface area (Å²) in [4.78, 5) is 47.7. The predicted molar refractivity (Wildman–Crippen MR) is 74.0 cm³/mol. The van der Waals surface area contributed by atoms with Crippen LogP contribution in [-0.2, 0) is 125 Å². The van der Waals surface area contributed by atoms with Crippen LogP contribution >= 0.6 is 0 Å². The maximum atomic E-state index is 9.74. The first-order valence-electron chi connectivity index (χ1n) is 6.35. The van der Waals surface area contributed by atoms with Crippen LogP contribution in [0.4, 0.5) is 0 Å². The predicted octanol–water partition coefficient (Wildman–Crippen LogP) is -8.40. The number of carboxylic acids is 5.